The Morgan fingerprint density at radius 1 is 1.32 bits per heavy atom. The summed E-state index contributed by atoms with van der Waals surface area (Å²) in [6, 6.07) is 14.4. The van der Waals surface area contributed by atoms with E-state index in [-0.39, 0.29) is 5.92 Å². The van der Waals surface area contributed by atoms with Crippen LogP contribution >= 0.6 is 15.9 Å². The van der Waals surface area contributed by atoms with Crippen LogP contribution in [0.15, 0.2) is 40.9 Å². The van der Waals surface area contributed by atoms with Crippen molar-refractivity contribution in [3.8, 4) is 11.8 Å². The minimum atomic E-state index is -0.272. The molecule has 19 heavy (non-hydrogen) atoms. The van der Waals surface area contributed by atoms with Crippen molar-refractivity contribution < 1.29 is 4.74 Å². The molecule has 3 heteroatoms. The van der Waals surface area contributed by atoms with Crippen LogP contribution in [0.1, 0.15) is 28.2 Å². The number of hydrogen-bond acceptors (Lipinski definition) is 2. The molecule has 1 aliphatic rings. The van der Waals surface area contributed by atoms with Crippen molar-refractivity contribution in [2.24, 2.45) is 0 Å². The van der Waals surface area contributed by atoms with E-state index < -0.39 is 0 Å². The Kier molecular flexibility index (Phi) is 3.04. The van der Waals surface area contributed by atoms with Gasteiger partial charge in [-0.2, -0.15) is 5.26 Å². The van der Waals surface area contributed by atoms with Gasteiger partial charge >= 0.3 is 0 Å². The summed E-state index contributed by atoms with van der Waals surface area (Å²) in [5.74, 6) is 0.525. The molecule has 0 aromatic heterocycles. The van der Waals surface area contributed by atoms with Gasteiger partial charge in [-0.25, -0.2) is 0 Å². The minimum absolute atomic E-state index is 0.272. The number of ether oxygens (including phenoxy) is 1. The Hall–Kier alpha value is -1.79. The number of halogens is 1. The van der Waals surface area contributed by atoms with Crippen LogP contribution in [0.5, 0.6) is 5.75 Å². The molecule has 0 bridgehead atoms. The summed E-state index contributed by atoms with van der Waals surface area (Å²) >= 11 is 3.47. The maximum absolute atomic E-state index is 9.60. The van der Waals surface area contributed by atoms with Crippen molar-refractivity contribution in [1.29, 1.82) is 5.26 Å². The van der Waals surface area contributed by atoms with E-state index in [1.54, 1.807) is 0 Å². The summed E-state index contributed by atoms with van der Waals surface area (Å²) in [5, 5.41) is 9.60. The van der Waals surface area contributed by atoms with Crippen molar-refractivity contribution in [1.82, 2.24) is 0 Å². The average molecular weight is 314 g/mol. The summed E-state index contributed by atoms with van der Waals surface area (Å²) in [7, 11) is 0. The fourth-order valence-electron chi connectivity index (χ4n) is 2.60. The topological polar surface area (TPSA) is 33.0 Å². The van der Waals surface area contributed by atoms with Crippen molar-refractivity contribution in [3.05, 3.63) is 63.1 Å². The SMILES string of the molecule is Cc1cccc2c1C(C#N)c1cc(Br)ccc1OC2. The number of nitrogens with zero attached hydrogens (tertiary/aromatic N) is 1. The third kappa shape index (κ3) is 2.02. The first kappa shape index (κ1) is 12.3. The molecule has 0 saturated heterocycles. The zero-order valence-electron chi connectivity index (χ0n) is 10.5. The number of rotatable bonds is 0. The van der Waals surface area contributed by atoms with Crippen LogP contribution in [-0.2, 0) is 6.61 Å². The molecule has 1 aliphatic heterocycles. The van der Waals surface area contributed by atoms with Gasteiger partial charge in [-0.05, 0) is 41.8 Å². The zero-order valence-corrected chi connectivity index (χ0v) is 12.1. The van der Waals surface area contributed by atoms with Gasteiger partial charge in [0.15, 0.2) is 0 Å². The second-order valence-electron chi connectivity index (χ2n) is 4.68. The van der Waals surface area contributed by atoms with Crippen LogP contribution in [0.3, 0.4) is 0 Å². The van der Waals surface area contributed by atoms with Crippen LogP contribution in [-0.4, -0.2) is 0 Å². The van der Waals surface area contributed by atoms with Crippen LogP contribution in [0.2, 0.25) is 0 Å². The summed E-state index contributed by atoms with van der Waals surface area (Å²) in [4.78, 5) is 0. The van der Waals surface area contributed by atoms with Crippen LogP contribution in [0, 0.1) is 18.3 Å². The van der Waals surface area contributed by atoms with E-state index in [9.17, 15) is 5.26 Å². The third-order valence-electron chi connectivity index (χ3n) is 3.50. The van der Waals surface area contributed by atoms with Crippen molar-refractivity contribution in [2.75, 3.05) is 0 Å². The minimum Gasteiger partial charge on any atom is -0.489 e. The lowest BCUT2D eigenvalue weighted by Crippen LogP contribution is -2.02. The Morgan fingerprint density at radius 2 is 2.16 bits per heavy atom. The Labute approximate surface area is 120 Å². The quantitative estimate of drug-likeness (QED) is 0.726. The van der Waals surface area contributed by atoms with Crippen molar-refractivity contribution >= 4 is 15.9 Å². The lowest BCUT2D eigenvalue weighted by atomic mass is 9.87. The molecule has 0 spiro atoms. The lowest BCUT2D eigenvalue weighted by Gasteiger charge is -2.14. The van der Waals surface area contributed by atoms with Crippen molar-refractivity contribution in [3.63, 3.8) is 0 Å². The molecule has 2 aromatic rings. The van der Waals surface area contributed by atoms with E-state index in [1.165, 1.54) is 0 Å². The molecular formula is C16H12BrNO. The molecule has 0 N–H and O–H groups in total. The number of hydrogen-bond donors (Lipinski definition) is 0. The van der Waals surface area contributed by atoms with Gasteiger partial charge in [-0.1, -0.05) is 34.1 Å². The summed E-state index contributed by atoms with van der Waals surface area (Å²) in [6.07, 6.45) is 0. The van der Waals surface area contributed by atoms with Gasteiger partial charge in [0.1, 0.15) is 18.3 Å². The first-order valence-corrected chi connectivity index (χ1v) is 6.90. The number of fused-ring (bicyclic) bond motifs is 2. The van der Waals surface area contributed by atoms with Crippen LogP contribution in [0.4, 0.5) is 0 Å². The normalized spacial score (nSPS) is 16.6. The van der Waals surface area contributed by atoms with Gasteiger partial charge in [-0.3, -0.25) is 0 Å². The highest BCUT2D eigenvalue weighted by molar-refractivity contribution is 9.10. The molecule has 0 fully saturated rings. The molecule has 2 aromatic carbocycles. The van der Waals surface area contributed by atoms with E-state index in [4.69, 9.17) is 4.74 Å². The van der Waals surface area contributed by atoms with E-state index >= 15 is 0 Å². The summed E-state index contributed by atoms with van der Waals surface area (Å²) in [5.41, 5.74) is 4.26. The molecule has 0 amide bonds. The number of aryl methyl sites for hydroxylation is 1. The van der Waals surface area contributed by atoms with Gasteiger partial charge in [0.2, 0.25) is 0 Å². The van der Waals surface area contributed by atoms with E-state index in [1.807, 2.05) is 43.3 Å². The molecular weight excluding hydrogens is 302 g/mol. The fourth-order valence-corrected chi connectivity index (χ4v) is 2.98. The van der Waals surface area contributed by atoms with Gasteiger partial charge in [0.05, 0.1) is 6.07 Å². The van der Waals surface area contributed by atoms with Gasteiger partial charge in [-0.15, -0.1) is 0 Å². The molecule has 1 unspecified atom stereocenters. The molecule has 0 aliphatic carbocycles. The molecule has 2 nitrogen and oxygen atoms in total. The highest BCUT2D eigenvalue weighted by Crippen LogP contribution is 2.39. The number of nitriles is 1. The van der Waals surface area contributed by atoms with Gasteiger partial charge in [0, 0.05) is 10.0 Å². The standard InChI is InChI=1S/C16H12BrNO/c1-10-3-2-4-11-9-19-15-6-5-12(17)7-13(15)14(8-18)16(10)11/h2-7,14H,9H2,1H3. The maximum atomic E-state index is 9.60. The smallest absolute Gasteiger partial charge is 0.124 e. The largest absolute Gasteiger partial charge is 0.489 e. The molecule has 1 heterocycles. The molecule has 1 atom stereocenters. The summed E-state index contributed by atoms with van der Waals surface area (Å²) < 4.78 is 6.81. The average Bonchev–Trinajstić information content (AvgIpc) is 2.56. The zero-order chi connectivity index (χ0) is 13.4. The predicted molar refractivity (Wildman–Crippen MR) is 77.1 cm³/mol. The van der Waals surface area contributed by atoms with Gasteiger partial charge < -0.3 is 4.74 Å². The first-order valence-electron chi connectivity index (χ1n) is 6.11. The molecule has 0 radical (unpaired) electrons. The lowest BCUT2D eigenvalue weighted by molar-refractivity contribution is 0.307. The van der Waals surface area contributed by atoms with Crippen molar-refractivity contribution in [2.45, 2.75) is 19.4 Å². The monoisotopic (exact) mass is 313 g/mol. The fraction of sp³-hybridized carbons (Fsp3) is 0.188. The highest BCUT2D eigenvalue weighted by atomic mass is 79.9. The Balaban J connectivity index is 2.28. The van der Waals surface area contributed by atoms with Gasteiger partial charge in [0.25, 0.3) is 0 Å². The summed E-state index contributed by atoms with van der Waals surface area (Å²) in [6.45, 7) is 2.57. The maximum Gasteiger partial charge on any atom is 0.124 e. The molecule has 3 rings (SSSR count). The second kappa shape index (κ2) is 4.71. The van der Waals surface area contributed by atoms with Crippen LogP contribution in [0.25, 0.3) is 0 Å². The Bertz CT molecular complexity index is 688. The first-order chi connectivity index (χ1) is 9.20. The molecule has 94 valence electrons. The predicted octanol–water partition coefficient (Wildman–Crippen LogP) is 4.31. The van der Waals surface area contributed by atoms with Crippen LogP contribution < -0.4 is 4.74 Å². The third-order valence-corrected chi connectivity index (χ3v) is 3.99. The van der Waals surface area contributed by atoms with E-state index in [0.29, 0.717) is 6.61 Å². The Morgan fingerprint density at radius 3 is 2.95 bits per heavy atom. The van der Waals surface area contributed by atoms with E-state index in [2.05, 4.69) is 22.0 Å². The van der Waals surface area contributed by atoms with E-state index in [0.717, 1.165) is 32.5 Å². The molecule has 0 saturated carbocycles. The second-order valence-corrected chi connectivity index (χ2v) is 5.60. The highest BCUT2D eigenvalue weighted by Gasteiger charge is 2.26. The number of benzene rings is 2.